The summed E-state index contributed by atoms with van der Waals surface area (Å²) in [6.07, 6.45) is 0.895. The number of hydrogen-bond acceptors (Lipinski definition) is 2. The largest absolute Gasteiger partial charge is 0.398 e. The second-order valence-corrected chi connectivity index (χ2v) is 4.33. The van der Waals surface area contributed by atoms with Crippen molar-refractivity contribution in [1.29, 1.82) is 0 Å². The first-order chi connectivity index (χ1) is 8.24. The molecule has 0 saturated heterocycles. The normalized spacial score (nSPS) is 17.6. The fraction of sp³-hybridized carbons (Fsp3) is 0.143. The first-order valence-electron chi connectivity index (χ1n) is 5.63. The summed E-state index contributed by atoms with van der Waals surface area (Å²) < 4.78 is 13.0. The number of halogens is 1. The average molecular weight is 228 g/mol. The maximum atomic E-state index is 13.0. The number of para-hydroxylation sites is 1. The van der Waals surface area contributed by atoms with Gasteiger partial charge in [-0.15, -0.1) is 0 Å². The van der Waals surface area contributed by atoms with Crippen LogP contribution in [0.15, 0.2) is 42.5 Å². The molecule has 0 spiro atoms. The van der Waals surface area contributed by atoms with Gasteiger partial charge in [-0.05, 0) is 35.7 Å². The van der Waals surface area contributed by atoms with E-state index in [-0.39, 0.29) is 11.9 Å². The van der Waals surface area contributed by atoms with Crippen molar-refractivity contribution in [2.75, 3.05) is 11.1 Å². The molecule has 1 unspecified atom stereocenters. The third kappa shape index (κ3) is 1.73. The van der Waals surface area contributed by atoms with Crippen LogP contribution in [0.1, 0.15) is 17.2 Å². The summed E-state index contributed by atoms with van der Waals surface area (Å²) in [5, 5.41) is 3.41. The smallest absolute Gasteiger partial charge is 0.125 e. The average Bonchev–Trinajstić information content (AvgIpc) is 2.72. The Morgan fingerprint density at radius 3 is 2.76 bits per heavy atom. The molecular formula is C14H13FN2. The number of anilines is 2. The third-order valence-electron chi connectivity index (χ3n) is 3.20. The molecule has 3 rings (SSSR count). The van der Waals surface area contributed by atoms with E-state index in [4.69, 9.17) is 5.73 Å². The molecule has 0 fully saturated rings. The minimum Gasteiger partial charge on any atom is -0.398 e. The molecular weight excluding hydrogens is 215 g/mol. The number of fused-ring (bicyclic) bond motifs is 1. The van der Waals surface area contributed by atoms with Crippen LogP contribution in [-0.4, -0.2) is 0 Å². The van der Waals surface area contributed by atoms with Gasteiger partial charge in [-0.2, -0.15) is 0 Å². The Bertz CT molecular complexity index is 541. The standard InChI is InChI=1S/C14H13FN2/c15-10-5-6-11(12(16)8-10)14-7-9-3-1-2-4-13(9)17-14/h1-6,8,14,17H,7,16H2. The van der Waals surface area contributed by atoms with Crippen molar-refractivity contribution in [2.24, 2.45) is 0 Å². The van der Waals surface area contributed by atoms with Crippen LogP contribution in [-0.2, 0) is 6.42 Å². The molecule has 2 nitrogen and oxygen atoms in total. The number of nitrogens with two attached hydrogens (primary N) is 1. The van der Waals surface area contributed by atoms with Crippen LogP contribution in [0.4, 0.5) is 15.8 Å². The highest BCUT2D eigenvalue weighted by Gasteiger charge is 2.22. The molecule has 86 valence electrons. The molecule has 0 aliphatic carbocycles. The predicted octanol–water partition coefficient (Wildman–Crippen LogP) is 3.12. The van der Waals surface area contributed by atoms with E-state index in [1.54, 1.807) is 6.07 Å². The molecule has 2 aromatic carbocycles. The van der Waals surface area contributed by atoms with Crippen molar-refractivity contribution in [3.63, 3.8) is 0 Å². The molecule has 1 heterocycles. The number of hydrogen-bond donors (Lipinski definition) is 2. The lowest BCUT2D eigenvalue weighted by Crippen LogP contribution is -2.08. The number of nitrogen functional groups attached to an aromatic ring is 1. The molecule has 1 aliphatic rings. The topological polar surface area (TPSA) is 38.0 Å². The van der Waals surface area contributed by atoms with Crippen molar-refractivity contribution in [3.05, 3.63) is 59.4 Å². The Balaban J connectivity index is 1.94. The molecule has 3 N–H and O–H groups in total. The lowest BCUT2D eigenvalue weighted by molar-refractivity contribution is 0.627. The fourth-order valence-electron chi connectivity index (χ4n) is 2.35. The highest BCUT2D eigenvalue weighted by molar-refractivity contribution is 5.61. The maximum Gasteiger partial charge on any atom is 0.125 e. The lowest BCUT2D eigenvalue weighted by atomic mass is 10.0. The van der Waals surface area contributed by atoms with Gasteiger partial charge in [-0.25, -0.2) is 4.39 Å². The number of rotatable bonds is 1. The molecule has 1 aliphatic heterocycles. The highest BCUT2D eigenvalue weighted by Crippen LogP contribution is 2.35. The van der Waals surface area contributed by atoms with Gasteiger partial charge in [0, 0.05) is 11.4 Å². The summed E-state index contributed by atoms with van der Waals surface area (Å²) in [6, 6.07) is 12.9. The molecule has 2 aromatic rings. The zero-order valence-electron chi connectivity index (χ0n) is 9.28. The molecule has 0 saturated carbocycles. The summed E-state index contributed by atoms with van der Waals surface area (Å²) in [4.78, 5) is 0. The Hall–Kier alpha value is -2.03. The van der Waals surface area contributed by atoms with Gasteiger partial charge in [0.25, 0.3) is 0 Å². The molecule has 3 heteroatoms. The van der Waals surface area contributed by atoms with Crippen LogP contribution >= 0.6 is 0 Å². The van der Waals surface area contributed by atoms with Crippen molar-refractivity contribution >= 4 is 11.4 Å². The predicted molar refractivity (Wildman–Crippen MR) is 67.3 cm³/mol. The van der Waals surface area contributed by atoms with E-state index in [1.165, 1.54) is 17.7 Å². The van der Waals surface area contributed by atoms with Gasteiger partial charge in [-0.1, -0.05) is 24.3 Å². The van der Waals surface area contributed by atoms with Gasteiger partial charge in [0.05, 0.1) is 6.04 Å². The number of nitrogens with one attached hydrogen (secondary N) is 1. The quantitative estimate of drug-likeness (QED) is 0.736. The van der Waals surface area contributed by atoms with E-state index in [2.05, 4.69) is 17.4 Å². The van der Waals surface area contributed by atoms with Gasteiger partial charge in [0.2, 0.25) is 0 Å². The van der Waals surface area contributed by atoms with E-state index in [0.29, 0.717) is 5.69 Å². The monoisotopic (exact) mass is 228 g/mol. The second-order valence-electron chi connectivity index (χ2n) is 4.33. The summed E-state index contributed by atoms with van der Waals surface area (Å²) in [5.41, 5.74) is 9.75. The van der Waals surface area contributed by atoms with E-state index >= 15 is 0 Å². The first-order valence-corrected chi connectivity index (χ1v) is 5.63. The van der Waals surface area contributed by atoms with Gasteiger partial charge >= 0.3 is 0 Å². The summed E-state index contributed by atoms with van der Waals surface area (Å²) >= 11 is 0. The SMILES string of the molecule is Nc1cc(F)ccc1C1Cc2ccccc2N1. The minimum absolute atomic E-state index is 0.146. The molecule has 17 heavy (non-hydrogen) atoms. The van der Waals surface area contributed by atoms with Crippen LogP contribution in [0, 0.1) is 5.82 Å². The molecule has 0 bridgehead atoms. The van der Waals surface area contributed by atoms with Crippen molar-refractivity contribution in [3.8, 4) is 0 Å². The zero-order chi connectivity index (χ0) is 11.8. The maximum absolute atomic E-state index is 13.0. The van der Waals surface area contributed by atoms with Crippen LogP contribution in [0.5, 0.6) is 0 Å². The number of benzene rings is 2. The molecule has 1 atom stereocenters. The van der Waals surface area contributed by atoms with Crippen LogP contribution in [0.3, 0.4) is 0 Å². The highest BCUT2D eigenvalue weighted by atomic mass is 19.1. The lowest BCUT2D eigenvalue weighted by Gasteiger charge is -2.14. The first kappa shape index (κ1) is 10.1. The van der Waals surface area contributed by atoms with Gasteiger partial charge in [-0.3, -0.25) is 0 Å². The van der Waals surface area contributed by atoms with Gasteiger partial charge < -0.3 is 11.1 Å². The molecule has 0 amide bonds. The Labute approximate surface area is 99.3 Å². The van der Waals surface area contributed by atoms with Gasteiger partial charge in [0.1, 0.15) is 5.82 Å². The molecule has 0 radical (unpaired) electrons. The Morgan fingerprint density at radius 2 is 2.00 bits per heavy atom. The Kier molecular flexibility index (Phi) is 2.25. The van der Waals surface area contributed by atoms with Crippen LogP contribution in [0.25, 0.3) is 0 Å². The Morgan fingerprint density at radius 1 is 1.18 bits per heavy atom. The van der Waals surface area contributed by atoms with Gasteiger partial charge in [0.15, 0.2) is 0 Å². The fourth-order valence-corrected chi connectivity index (χ4v) is 2.35. The van der Waals surface area contributed by atoms with Crippen molar-refractivity contribution < 1.29 is 4.39 Å². The summed E-state index contributed by atoms with van der Waals surface area (Å²) in [5.74, 6) is -0.290. The zero-order valence-corrected chi connectivity index (χ0v) is 9.28. The summed E-state index contributed by atoms with van der Waals surface area (Å²) in [7, 11) is 0. The van der Waals surface area contributed by atoms with Crippen LogP contribution < -0.4 is 11.1 Å². The van der Waals surface area contributed by atoms with Crippen molar-refractivity contribution in [2.45, 2.75) is 12.5 Å². The van der Waals surface area contributed by atoms with E-state index in [9.17, 15) is 4.39 Å². The third-order valence-corrected chi connectivity index (χ3v) is 3.20. The van der Waals surface area contributed by atoms with E-state index in [1.807, 2.05) is 12.1 Å². The van der Waals surface area contributed by atoms with E-state index in [0.717, 1.165) is 17.7 Å². The van der Waals surface area contributed by atoms with E-state index < -0.39 is 0 Å². The molecule has 0 aromatic heterocycles. The van der Waals surface area contributed by atoms with Crippen LogP contribution in [0.2, 0.25) is 0 Å². The minimum atomic E-state index is -0.290. The second kappa shape index (κ2) is 3.77. The van der Waals surface area contributed by atoms with Crippen molar-refractivity contribution in [1.82, 2.24) is 0 Å². The summed E-state index contributed by atoms with van der Waals surface area (Å²) in [6.45, 7) is 0.